The Balaban J connectivity index is 0.00000144. The molecule has 0 saturated heterocycles. The van der Waals surface area contributed by atoms with E-state index in [0.29, 0.717) is 0 Å². The lowest BCUT2D eigenvalue weighted by molar-refractivity contribution is -0.126. The van der Waals surface area contributed by atoms with Crippen LogP contribution in [0.2, 0.25) is 0 Å². The first kappa shape index (κ1) is 11.4. The molecule has 0 aromatic carbocycles. The fraction of sp³-hybridized carbons (Fsp3) is 0.167. The maximum atomic E-state index is 10.5. The first-order valence-electron chi connectivity index (χ1n) is 3.10. The van der Waals surface area contributed by atoms with Gasteiger partial charge in [0.05, 0.1) is 12.4 Å². The highest BCUT2D eigenvalue weighted by Gasteiger charge is 2.21. The SMILES string of the molecule is Cl.NC(=O)C1=CN=CC(C(N)=O)O1. The Kier molecular flexibility index (Phi) is 3.93. The van der Waals surface area contributed by atoms with Crippen molar-refractivity contribution in [3.05, 3.63) is 12.0 Å². The average Bonchev–Trinajstić information content (AvgIpc) is 2.04. The fourth-order valence-electron chi connectivity index (χ4n) is 0.640. The van der Waals surface area contributed by atoms with Gasteiger partial charge in [0.25, 0.3) is 11.8 Å². The highest BCUT2D eigenvalue weighted by Crippen LogP contribution is 2.05. The molecule has 1 rings (SSSR count). The van der Waals surface area contributed by atoms with E-state index in [9.17, 15) is 9.59 Å². The summed E-state index contributed by atoms with van der Waals surface area (Å²) in [6.45, 7) is 0. The van der Waals surface area contributed by atoms with Crippen LogP contribution in [0.5, 0.6) is 0 Å². The van der Waals surface area contributed by atoms with Gasteiger partial charge < -0.3 is 16.2 Å². The fourth-order valence-corrected chi connectivity index (χ4v) is 0.640. The van der Waals surface area contributed by atoms with Gasteiger partial charge in [0.1, 0.15) is 0 Å². The third-order valence-electron chi connectivity index (χ3n) is 1.19. The summed E-state index contributed by atoms with van der Waals surface area (Å²) >= 11 is 0. The molecule has 1 aliphatic rings. The summed E-state index contributed by atoms with van der Waals surface area (Å²) in [6, 6.07) is 0. The number of carbonyl (C=O) groups is 2. The van der Waals surface area contributed by atoms with Crippen LogP contribution in [0.15, 0.2) is 17.0 Å². The Bertz CT molecular complexity index is 287. The molecule has 1 unspecified atom stereocenters. The van der Waals surface area contributed by atoms with Crippen LogP contribution in [0.1, 0.15) is 0 Å². The van der Waals surface area contributed by atoms with Crippen LogP contribution in [0, 0.1) is 0 Å². The average molecular weight is 206 g/mol. The Hall–Kier alpha value is -1.56. The number of hydrogen-bond donors (Lipinski definition) is 2. The predicted octanol–water partition coefficient (Wildman–Crippen LogP) is -1.31. The summed E-state index contributed by atoms with van der Waals surface area (Å²) in [7, 11) is 0. The minimum Gasteiger partial charge on any atom is -0.467 e. The number of halogens is 1. The van der Waals surface area contributed by atoms with Crippen LogP contribution in [0.3, 0.4) is 0 Å². The van der Waals surface area contributed by atoms with E-state index in [1.54, 1.807) is 0 Å². The van der Waals surface area contributed by atoms with Crippen LogP contribution >= 0.6 is 12.4 Å². The molecule has 0 spiro atoms. The van der Waals surface area contributed by atoms with Crippen LogP contribution in [-0.4, -0.2) is 24.1 Å². The van der Waals surface area contributed by atoms with Crippen LogP contribution < -0.4 is 11.5 Å². The van der Waals surface area contributed by atoms with Crippen LogP contribution in [-0.2, 0) is 14.3 Å². The van der Waals surface area contributed by atoms with E-state index in [4.69, 9.17) is 16.2 Å². The highest BCUT2D eigenvalue weighted by molar-refractivity contribution is 5.98. The Morgan fingerprint density at radius 2 is 2.08 bits per heavy atom. The molecule has 72 valence electrons. The number of carbonyl (C=O) groups excluding carboxylic acids is 2. The molecule has 1 heterocycles. The normalized spacial score (nSPS) is 19.4. The quantitative estimate of drug-likeness (QED) is 0.584. The third-order valence-corrected chi connectivity index (χ3v) is 1.19. The van der Waals surface area contributed by atoms with Crippen molar-refractivity contribution in [2.45, 2.75) is 6.10 Å². The zero-order chi connectivity index (χ0) is 9.14. The summed E-state index contributed by atoms with van der Waals surface area (Å²) in [6.07, 6.45) is 1.31. The van der Waals surface area contributed by atoms with Gasteiger partial charge in [-0.1, -0.05) is 0 Å². The van der Waals surface area contributed by atoms with Gasteiger partial charge >= 0.3 is 0 Å². The minimum absolute atomic E-state index is 0. The number of nitrogens with two attached hydrogens (primary N) is 2. The van der Waals surface area contributed by atoms with Crippen molar-refractivity contribution in [3.63, 3.8) is 0 Å². The lowest BCUT2D eigenvalue weighted by Gasteiger charge is -2.14. The summed E-state index contributed by atoms with van der Waals surface area (Å²) < 4.78 is 4.77. The largest absolute Gasteiger partial charge is 0.467 e. The van der Waals surface area contributed by atoms with E-state index in [1.807, 2.05) is 0 Å². The first-order chi connectivity index (χ1) is 5.61. The predicted molar refractivity (Wildman–Crippen MR) is 47.1 cm³/mol. The Morgan fingerprint density at radius 1 is 1.46 bits per heavy atom. The molecule has 2 amide bonds. The smallest absolute Gasteiger partial charge is 0.285 e. The maximum absolute atomic E-state index is 10.5. The van der Waals surface area contributed by atoms with Crippen molar-refractivity contribution < 1.29 is 14.3 Å². The summed E-state index contributed by atoms with van der Waals surface area (Å²) in [5.74, 6) is -1.66. The molecule has 0 bridgehead atoms. The summed E-state index contributed by atoms with van der Waals surface area (Å²) in [5, 5.41) is 0. The molecule has 0 aromatic rings. The van der Waals surface area contributed by atoms with Gasteiger partial charge in [-0.25, -0.2) is 0 Å². The molecule has 0 aromatic heterocycles. The summed E-state index contributed by atoms with van der Waals surface area (Å²) in [5.41, 5.74) is 9.77. The molecule has 7 heteroatoms. The number of rotatable bonds is 2. The molecule has 0 fully saturated rings. The Morgan fingerprint density at radius 3 is 2.54 bits per heavy atom. The van der Waals surface area contributed by atoms with Gasteiger partial charge in [0.2, 0.25) is 11.9 Å². The number of aliphatic imine (C=N–C) groups is 1. The molecule has 0 saturated carbocycles. The molecular formula is C6H8ClN3O3. The topological polar surface area (TPSA) is 108 Å². The van der Waals surface area contributed by atoms with Crippen molar-refractivity contribution in [1.82, 2.24) is 0 Å². The molecule has 13 heavy (non-hydrogen) atoms. The molecule has 0 aliphatic carbocycles. The number of primary amides is 2. The van der Waals surface area contributed by atoms with Gasteiger partial charge in [0.15, 0.2) is 0 Å². The van der Waals surface area contributed by atoms with Gasteiger partial charge in [-0.2, -0.15) is 0 Å². The molecule has 1 atom stereocenters. The van der Waals surface area contributed by atoms with E-state index in [2.05, 4.69) is 4.99 Å². The van der Waals surface area contributed by atoms with E-state index in [0.717, 1.165) is 6.20 Å². The molecular weight excluding hydrogens is 198 g/mol. The van der Waals surface area contributed by atoms with Crippen molar-refractivity contribution in [3.8, 4) is 0 Å². The lowest BCUT2D eigenvalue weighted by atomic mass is 10.3. The van der Waals surface area contributed by atoms with Gasteiger partial charge in [0, 0.05) is 0 Å². The van der Waals surface area contributed by atoms with E-state index in [-0.39, 0.29) is 18.2 Å². The molecule has 6 nitrogen and oxygen atoms in total. The maximum Gasteiger partial charge on any atom is 0.285 e. The number of amides is 2. The number of nitrogens with zero attached hydrogens (tertiary/aromatic N) is 1. The molecule has 1 aliphatic heterocycles. The monoisotopic (exact) mass is 205 g/mol. The minimum atomic E-state index is -1.00. The standard InChI is InChI=1S/C6H7N3O3.ClH/c7-5(10)3-1-9-2-4(12-3)6(8)11;/h1-3H,(H2,7,10)(H2,8,11);1H. The lowest BCUT2D eigenvalue weighted by Crippen LogP contribution is -2.35. The highest BCUT2D eigenvalue weighted by atomic mass is 35.5. The zero-order valence-electron chi connectivity index (χ0n) is 6.47. The van der Waals surface area contributed by atoms with Crippen molar-refractivity contribution in [2.24, 2.45) is 16.5 Å². The van der Waals surface area contributed by atoms with Gasteiger partial charge in [-0.15, -0.1) is 12.4 Å². The zero-order valence-corrected chi connectivity index (χ0v) is 7.28. The van der Waals surface area contributed by atoms with E-state index >= 15 is 0 Å². The van der Waals surface area contributed by atoms with Crippen molar-refractivity contribution >= 4 is 30.4 Å². The Labute approximate surface area is 80.0 Å². The second kappa shape index (κ2) is 4.46. The van der Waals surface area contributed by atoms with Crippen molar-refractivity contribution in [1.29, 1.82) is 0 Å². The molecule has 4 N–H and O–H groups in total. The van der Waals surface area contributed by atoms with Gasteiger partial charge in [-0.3, -0.25) is 14.6 Å². The van der Waals surface area contributed by atoms with Crippen LogP contribution in [0.25, 0.3) is 0 Å². The third kappa shape index (κ3) is 2.75. The van der Waals surface area contributed by atoms with E-state index in [1.165, 1.54) is 6.21 Å². The first-order valence-corrected chi connectivity index (χ1v) is 3.10. The second-order valence-corrected chi connectivity index (χ2v) is 2.10. The number of ether oxygens (including phenoxy) is 1. The van der Waals surface area contributed by atoms with Crippen molar-refractivity contribution in [2.75, 3.05) is 0 Å². The number of hydrogen-bond acceptors (Lipinski definition) is 4. The van der Waals surface area contributed by atoms with Gasteiger partial charge in [-0.05, 0) is 0 Å². The second-order valence-electron chi connectivity index (χ2n) is 2.10. The summed E-state index contributed by atoms with van der Waals surface area (Å²) in [4.78, 5) is 24.6. The van der Waals surface area contributed by atoms with Crippen LogP contribution in [0.4, 0.5) is 0 Å². The molecule has 0 radical (unpaired) electrons. The van der Waals surface area contributed by atoms with E-state index < -0.39 is 17.9 Å².